The van der Waals surface area contributed by atoms with Gasteiger partial charge in [0.25, 0.3) is 5.91 Å². The van der Waals surface area contributed by atoms with Crippen molar-refractivity contribution in [3.63, 3.8) is 0 Å². The van der Waals surface area contributed by atoms with Crippen molar-refractivity contribution >= 4 is 23.3 Å². The summed E-state index contributed by atoms with van der Waals surface area (Å²) in [6, 6.07) is 6.64. The van der Waals surface area contributed by atoms with Crippen molar-refractivity contribution in [3.05, 3.63) is 53.8 Å². The Kier molecular flexibility index (Phi) is 3.27. The third kappa shape index (κ3) is 2.23. The van der Waals surface area contributed by atoms with E-state index < -0.39 is 17.5 Å². The molecule has 3 aromatic rings. The Balaban J connectivity index is 1.57. The minimum Gasteiger partial charge on any atom is -0.466 e. The average Bonchev–Trinajstić information content (AvgIpc) is 3.34. The van der Waals surface area contributed by atoms with E-state index in [-0.39, 0.29) is 6.54 Å². The highest BCUT2D eigenvalue weighted by molar-refractivity contribution is 7.13. The van der Waals surface area contributed by atoms with Gasteiger partial charge in [0, 0.05) is 0 Å². The van der Waals surface area contributed by atoms with E-state index >= 15 is 0 Å². The van der Waals surface area contributed by atoms with Gasteiger partial charge in [0.1, 0.15) is 12.3 Å². The standard InChI is InChI=1S/C16H13N3O4S/c1-16(12-5-2-6-22-12)14(20)19(15(21)18-16)9-13-17-8-10(23-13)11-4-3-7-24-11/h2-8H,9H2,1H3,(H,18,21)/t16-/m1/s1. The summed E-state index contributed by atoms with van der Waals surface area (Å²) in [6.45, 7) is 1.57. The molecule has 1 aliphatic heterocycles. The molecule has 3 aromatic heterocycles. The van der Waals surface area contributed by atoms with Gasteiger partial charge in [-0.25, -0.2) is 9.78 Å². The maximum absolute atomic E-state index is 12.7. The number of thiophene rings is 1. The molecule has 0 aromatic carbocycles. The van der Waals surface area contributed by atoms with Crippen LogP contribution in [0.4, 0.5) is 4.79 Å². The Labute approximate surface area is 140 Å². The minimum atomic E-state index is -1.22. The van der Waals surface area contributed by atoms with Crippen LogP contribution in [0.15, 0.2) is 50.9 Å². The lowest BCUT2D eigenvalue weighted by molar-refractivity contribution is -0.132. The molecule has 0 radical (unpaired) electrons. The number of nitrogens with zero attached hydrogens (tertiary/aromatic N) is 2. The van der Waals surface area contributed by atoms with Gasteiger partial charge < -0.3 is 14.2 Å². The van der Waals surface area contributed by atoms with E-state index in [9.17, 15) is 9.59 Å². The lowest BCUT2D eigenvalue weighted by Gasteiger charge is -2.18. The summed E-state index contributed by atoms with van der Waals surface area (Å²) in [7, 11) is 0. The van der Waals surface area contributed by atoms with Crippen molar-refractivity contribution in [2.24, 2.45) is 0 Å². The summed E-state index contributed by atoms with van der Waals surface area (Å²) in [5.74, 6) is 0.889. The number of rotatable bonds is 4. The number of furan rings is 1. The smallest absolute Gasteiger partial charge is 0.325 e. The third-order valence-electron chi connectivity index (χ3n) is 3.90. The molecule has 1 fully saturated rings. The highest BCUT2D eigenvalue weighted by atomic mass is 32.1. The molecule has 1 atom stereocenters. The number of aromatic nitrogens is 1. The molecule has 0 saturated carbocycles. The predicted molar refractivity (Wildman–Crippen MR) is 85.0 cm³/mol. The van der Waals surface area contributed by atoms with Crippen molar-refractivity contribution in [2.75, 3.05) is 0 Å². The number of imide groups is 1. The number of hydrogen-bond donors (Lipinski definition) is 1. The van der Waals surface area contributed by atoms with Gasteiger partial charge in [-0.05, 0) is 30.5 Å². The topological polar surface area (TPSA) is 88.6 Å². The number of urea groups is 1. The first-order chi connectivity index (χ1) is 11.6. The van der Waals surface area contributed by atoms with Crippen molar-refractivity contribution in [2.45, 2.75) is 19.0 Å². The minimum absolute atomic E-state index is 0.0354. The number of hydrogen-bond acceptors (Lipinski definition) is 6. The van der Waals surface area contributed by atoms with Crippen LogP contribution in [-0.2, 0) is 16.9 Å². The molecule has 24 heavy (non-hydrogen) atoms. The number of carbonyl (C=O) groups excluding carboxylic acids is 2. The van der Waals surface area contributed by atoms with Gasteiger partial charge in [-0.15, -0.1) is 11.3 Å². The van der Waals surface area contributed by atoms with Gasteiger partial charge in [0.15, 0.2) is 11.3 Å². The van der Waals surface area contributed by atoms with E-state index in [0.717, 1.165) is 9.78 Å². The Hall–Kier alpha value is -2.87. The molecule has 0 aliphatic carbocycles. The quantitative estimate of drug-likeness (QED) is 0.736. The highest BCUT2D eigenvalue weighted by Crippen LogP contribution is 2.31. The predicted octanol–water partition coefficient (Wildman–Crippen LogP) is 2.96. The number of nitrogens with one attached hydrogen (secondary N) is 1. The maximum atomic E-state index is 12.7. The molecule has 3 amide bonds. The molecule has 7 nitrogen and oxygen atoms in total. The third-order valence-corrected chi connectivity index (χ3v) is 4.78. The Morgan fingerprint density at radius 2 is 2.21 bits per heavy atom. The second-order valence-corrected chi connectivity index (χ2v) is 6.47. The largest absolute Gasteiger partial charge is 0.466 e. The van der Waals surface area contributed by atoms with Gasteiger partial charge in [0.05, 0.1) is 17.3 Å². The van der Waals surface area contributed by atoms with Crippen LogP contribution < -0.4 is 5.32 Å². The summed E-state index contributed by atoms with van der Waals surface area (Å²) in [4.78, 5) is 31.1. The van der Waals surface area contributed by atoms with Gasteiger partial charge in [-0.3, -0.25) is 9.69 Å². The van der Waals surface area contributed by atoms with Crippen LogP contribution in [0.3, 0.4) is 0 Å². The fourth-order valence-corrected chi connectivity index (χ4v) is 3.29. The zero-order valence-corrected chi connectivity index (χ0v) is 13.5. The molecule has 8 heteroatoms. The van der Waals surface area contributed by atoms with Gasteiger partial charge in [0.2, 0.25) is 5.89 Å². The van der Waals surface area contributed by atoms with E-state index in [2.05, 4.69) is 10.3 Å². The van der Waals surface area contributed by atoms with E-state index in [1.165, 1.54) is 17.6 Å². The van der Waals surface area contributed by atoms with Gasteiger partial charge in [-0.2, -0.15) is 0 Å². The van der Waals surface area contributed by atoms with E-state index in [0.29, 0.717) is 17.4 Å². The first kappa shape index (κ1) is 14.7. The van der Waals surface area contributed by atoms with Crippen LogP contribution in [0.2, 0.25) is 0 Å². The van der Waals surface area contributed by atoms with Gasteiger partial charge >= 0.3 is 6.03 Å². The molecule has 4 rings (SSSR count). The molecule has 0 unspecified atom stereocenters. The number of oxazole rings is 1. The molecule has 1 aliphatic rings. The molecule has 1 saturated heterocycles. The maximum Gasteiger partial charge on any atom is 0.325 e. The normalized spacial score (nSPS) is 20.6. The van der Waals surface area contributed by atoms with Crippen LogP contribution in [0.5, 0.6) is 0 Å². The lowest BCUT2D eigenvalue weighted by atomic mass is 9.99. The van der Waals surface area contributed by atoms with Crippen molar-refractivity contribution in [1.82, 2.24) is 15.2 Å². The number of amides is 3. The number of carbonyl (C=O) groups is 2. The summed E-state index contributed by atoms with van der Waals surface area (Å²) in [6.07, 6.45) is 3.05. The lowest BCUT2D eigenvalue weighted by Crippen LogP contribution is -2.40. The summed E-state index contributed by atoms with van der Waals surface area (Å²) >= 11 is 1.53. The van der Waals surface area contributed by atoms with Crippen LogP contribution in [-0.4, -0.2) is 21.8 Å². The van der Waals surface area contributed by atoms with Crippen LogP contribution in [0.1, 0.15) is 18.6 Å². The molecule has 0 bridgehead atoms. The second-order valence-electron chi connectivity index (χ2n) is 5.52. The van der Waals surface area contributed by atoms with Crippen molar-refractivity contribution in [3.8, 4) is 10.6 Å². The monoisotopic (exact) mass is 343 g/mol. The fourth-order valence-electron chi connectivity index (χ4n) is 2.62. The summed E-state index contributed by atoms with van der Waals surface area (Å²) in [5, 5.41) is 4.60. The first-order valence-electron chi connectivity index (χ1n) is 7.24. The zero-order chi connectivity index (χ0) is 16.7. The van der Waals surface area contributed by atoms with E-state index in [4.69, 9.17) is 8.83 Å². The molecule has 1 N–H and O–H groups in total. The van der Waals surface area contributed by atoms with E-state index in [1.54, 1.807) is 25.3 Å². The fraction of sp³-hybridized carbons (Fsp3) is 0.188. The average molecular weight is 343 g/mol. The van der Waals surface area contributed by atoms with Crippen LogP contribution in [0, 0.1) is 0 Å². The Morgan fingerprint density at radius 1 is 1.33 bits per heavy atom. The highest BCUT2D eigenvalue weighted by Gasteiger charge is 2.51. The van der Waals surface area contributed by atoms with Crippen LogP contribution >= 0.6 is 11.3 Å². The Bertz CT molecular complexity index is 884. The SMILES string of the molecule is C[C@]1(c2ccco2)NC(=O)N(Cc2ncc(-c3cccs3)o2)C1=O. The molecular formula is C16H13N3O4S. The molecule has 122 valence electrons. The zero-order valence-electron chi connectivity index (χ0n) is 12.7. The van der Waals surface area contributed by atoms with Crippen LogP contribution in [0.25, 0.3) is 10.6 Å². The second kappa shape index (κ2) is 5.34. The van der Waals surface area contributed by atoms with Crippen molar-refractivity contribution < 1.29 is 18.4 Å². The summed E-state index contributed by atoms with van der Waals surface area (Å²) in [5.41, 5.74) is -1.22. The molecule has 4 heterocycles. The molecule has 0 spiro atoms. The van der Waals surface area contributed by atoms with Crippen molar-refractivity contribution in [1.29, 1.82) is 0 Å². The van der Waals surface area contributed by atoms with E-state index in [1.807, 2.05) is 17.5 Å². The summed E-state index contributed by atoms with van der Waals surface area (Å²) < 4.78 is 10.9. The molecular weight excluding hydrogens is 330 g/mol. The first-order valence-corrected chi connectivity index (χ1v) is 8.12. The Morgan fingerprint density at radius 3 is 2.92 bits per heavy atom. The van der Waals surface area contributed by atoms with Gasteiger partial charge in [-0.1, -0.05) is 6.07 Å².